The fraction of sp³-hybridized carbons (Fsp3) is 0.368. The lowest BCUT2D eigenvalue weighted by molar-refractivity contribution is 0.572. The van der Waals surface area contributed by atoms with Gasteiger partial charge in [-0.05, 0) is 32.9 Å². The first-order valence-corrected chi connectivity index (χ1v) is 8.95. The molecule has 0 bridgehead atoms. The molecule has 142 valence electrons. The van der Waals surface area contributed by atoms with Crippen LogP contribution in [0.3, 0.4) is 0 Å². The Bertz CT molecular complexity index is 909. The highest BCUT2D eigenvalue weighted by molar-refractivity contribution is 5.79. The summed E-state index contributed by atoms with van der Waals surface area (Å²) in [5, 5.41) is 14.7. The average molecular weight is 367 g/mol. The number of benzene rings is 1. The molecule has 3 aromatic rings. The summed E-state index contributed by atoms with van der Waals surface area (Å²) in [5.74, 6) is 3.02. The Hall–Kier alpha value is -3.16. The number of rotatable bonds is 6. The topological polar surface area (TPSA) is 93.2 Å². The van der Waals surface area contributed by atoms with Crippen LogP contribution in [0.1, 0.15) is 29.8 Å². The van der Waals surface area contributed by atoms with Crippen LogP contribution in [0.15, 0.2) is 39.9 Å². The third kappa shape index (κ3) is 4.72. The van der Waals surface area contributed by atoms with Gasteiger partial charge in [-0.2, -0.15) is 0 Å². The number of nitrogens with zero attached hydrogens (tertiary/aromatic N) is 5. The van der Waals surface area contributed by atoms with Gasteiger partial charge in [0.25, 0.3) is 0 Å². The van der Waals surface area contributed by atoms with E-state index in [1.807, 2.05) is 49.7 Å². The largest absolute Gasteiger partial charge is 0.444 e. The predicted molar refractivity (Wildman–Crippen MR) is 104 cm³/mol. The van der Waals surface area contributed by atoms with E-state index in [-0.39, 0.29) is 0 Å². The molecule has 2 heterocycles. The summed E-state index contributed by atoms with van der Waals surface area (Å²) in [6, 6.07) is 8.09. The fourth-order valence-electron chi connectivity index (χ4n) is 2.48. The van der Waals surface area contributed by atoms with Crippen molar-refractivity contribution in [3.63, 3.8) is 0 Å². The van der Waals surface area contributed by atoms with Gasteiger partial charge < -0.3 is 19.6 Å². The van der Waals surface area contributed by atoms with E-state index in [2.05, 4.69) is 37.7 Å². The molecule has 0 aliphatic rings. The molecule has 0 amide bonds. The van der Waals surface area contributed by atoms with Crippen LogP contribution in [0.4, 0.5) is 0 Å². The number of aliphatic imine (C=N–C) groups is 1. The molecule has 1 aromatic carbocycles. The summed E-state index contributed by atoms with van der Waals surface area (Å²) in [5.41, 5.74) is 2.94. The van der Waals surface area contributed by atoms with E-state index in [0.29, 0.717) is 24.9 Å². The normalized spacial score (nSPS) is 11.6. The second-order valence-corrected chi connectivity index (χ2v) is 6.28. The fourth-order valence-corrected chi connectivity index (χ4v) is 2.48. The van der Waals surface area contributed by atoms with Gasteiger partial charge in [-0.3, -0.25) is 0 Å². The van der Waals surface area contributed by atoms with Crippen LogP contribution in [0, 0.1) is 13.8 Å². The molecule has 0 saturated carbocycles. The first-order valence-electron chi connectivity index (χ1n) is 8.95. The number of aryl methyl sites for hydroxylation is 2. The van der Waals surface area contributed by atoms with Gasteiger partial charge in [0.15, 0.2) is 11.8 Å². The van der Waals surface area contributed by atoms with Gasteiger partial charge in [-0.25, -0.2) is 9.98 Å². The first kappa shape index (κ1) is 18.6. The van der Waals surface area contributed by atoms with E-state index < -0.39 is 0 Å². The maximum absolute atomic E-state index is 5.59. The zero-order chi connectivity index (χ0) is 19.2. The Morgan fingerprint density at radius 2 is 1.93 bits per heavy atom. The molecule has 8 heteroatoms. The van der Waals surface area contributed by atoms with E-state index in [9.17, 15) is 0 Å². The van der Waals surface area contributed by atoms with Crippen molar-refractivity contribution in [3.05, 3.63) is 53.4 Å². The molecule has 0 aliphatic heterocycles. The highest BCUT2D eigenvalue weighted by atomic mass is 16.3. The van der Waals surface area contributed by atoms with Crippen LogP contribution in [-0.4, -0.2) is 32.3 Å². The second kappa shape index (κ2) is 8.48. The van der Waals surface area contributed by atoms with E-state index in [0.717, 1.165) is 29.5 Å². The maximum Gasteiger partial charge on any atom is 0.226 e. The Kier molecular flexibility index (Phi) is 5.85. The van der Waals surface area contributed by atoms with Crippen LogP contribution >= 0.6 is 0 Å². The molecule has 0 atom stereocenters. The van der Waals surface area contributed by atoms with Crippen LogP contribution < -0.4 is 10.6 Å². The highest BCUT2D eigenvalue weighted by Gasteiger charge is 2.08. The summed E-state index contributed by atoms with van der Waals surface area (Å²) in [7, 11) is 1.94. The van der Waals surface area contributed by atoms with Crippen molar-refractivity contribution in [2.45, 2.75) is 33.9 Å². The van der Waals surface area contributed by atoms with Crippen molar-refractivity contribution in [1.29, 1.82) is 0 Å². The Balaban J connectivity index is 1.64. The Morgan fingerprint density at radius 3 is 2.59 bits per heavy atom. The van der Waals surface area contributed by atoms with Crippen LogP contribution in [0.2, 0.25) is 0 Å². The zero-order valence-corrected chi connectivity index (χ0v) is 16.2. The van der Waals surface area contributed by atoms with Crippen LogP contribution in [0.5, 0.6) is 0 Å². The van der Waals surface area contributed by atoms with Crippen molar-refractivity contribution in [2.75, 3.05) is 6.54 Å². The molecule has 0 saturated heterocycles. The van der Waals surface area contributed by atoms with Gasteiger partial charge in [0.05, 0.1) is 13.1 Å². The molecule has 0 spiro atoms. The zero-order valence-electron chi connectivity index (χ0n) is 16.2. The number of guanidine groups is 1. The highest BCUT2D eigenvalue weighted by Crippen LogP contribution is 2.19. The van der Waals surface area contributed by atoms with E-state index in [1.165, 1.54) is 5.56 Å². The smallest absolute Gasteiger partial charge is 0.226 e. The van der Waals surface area contributed by atoms with Crippen LogP contribution in [0.25, 0.3) is 11.5 Å². The summed E-state index contributed by atoms with van der Waals surface area (Å²) in [6.07, 6.45) is 1.65. The minimum absolute atomic E-state index is 0.419. The van der Waals surface area contributed by atoms with Crippen molar-refractivity contribution >= 4 is 5.96 Å². The first-order chi connectivity index (χ1) is 13.1. The quantitative estimate of drug-likeness (QED) is 0.513. The Morgan fingerprint density at radius 1 is 1.15 bits per heavy atom. The van der Waals surface area contributed by atoms with Gasteiger partial charge in [0.1, 0.15) is 17.8 Å². The minimum atomic E-state index is 0.419. The standard InChI is InChI=1S/C19H25N7O/c1-5-20-19(22-11-17-25-24-14(3)26(17)4)21-10-16-12-27-18(23-16)15-8-6-13(2)7-9-15/h6-9,12H,5,10-11H2,1-4H3,(H2,20,21,22). The molecular weight excluding hydrogens is 342 g/mol. The monoisotopic (exact) mass is 367 g/mol. The van der Waals surface area contributed by atoms with Crippen molar-refractivity contribution in [2.24, 2.45) is 12.0 Å². The van der Waals surface area contributed by atoms with Crippen molar-refractivity contribution in [3.8, 4) is 11.5 Å². The maximum atomic E-state index is 5.59. The average Bonchev–Trinajstić information content (AvgIpc) is 3.26. The van der Waals surface area contributed by atoms with Gasteiger partial charge in [0, 0.05) is 19.2 Å². The van der Waals surface area contributed by atoms with Gasteiger partial charge in [-0.15, -0.1) is 10.2 Å². The van der Waals surface area contributed by atoms with Crippen LogP contribution in [-0.2, 0) is 20.1 Å². The van der Waals surface area contributed by atoms with Gasteiger partial charge in [-0.1, -0.05) is 17.7 Å². The number of aromatic nitrogens is 4. The molecule has 27 heavy (non-hydrogen) atoms. The lowest BCUT2D eigenvalue weighted by atomic mass is 10.1. The molecule has 2 N–H and O–H groups in total. The minimum Gasteiger partial charge on any atom is -0.444 e. The van der Waals surface area contributed by atoms with E-state index in [1.54, 1.807) is 6.26 Å². The number of hydrogen-bond acceptors (Lipinski definition) is 5. The summed E-state index contributed by atoms with van der Waals surface area (Å²) in [4.78, 5) is 9.09. The lowest BCUT2D eigenvalue weighted by Gasteiger charge is -2.10. The molecule has 8 nitrogen and oxygen atoms in total. The lowest BCUT2D eigenvalue weighted by Crippen LogP contribution is -2.37. The molecule has 0 aliphatic carbocycles. The summed E-state index contributed by atoms with van der Waals surface area (Å²) >= 11 is 0. The van der Waals surface area contributed by atoms with Crippen molar-refractivity contribution < 1.29 is 4.42 Å². The van der Waals surface area contributed by atoms with Crippen molar-refractivity contribution in [1.82, 2.24) is 30.4 Å². The molecular formula is C19H25N7O. The summed E-state index contributed by atoms with van der Waals surface area (Å²) in [6.45, 7) is 7.72. The van der Waals surface area contributed by atoms with Gasteiger partial charge in [0.2, 0.25) is 5.89 Å². The van der Waals surface area contributed by atoms with Gasteiger partial charge >= 0.3 is 0 Å². The molecule has 3 rings (SSSR count). The second-order valence-electron chi connectivity index (χ2n) is 6.28. The summed E-state index contributed by atoms with van der Waals surface area (Å²) < 4.78 is 7.53. The predicted octanol–water partition coefficient (Wildman–Crippen LogP) is 2.34. The molecule has 0 radical (unpaired) electrons. The molecule has 0 fully saturated rings. The van der Waals surface area contributed by atoms with E-state index >= 15 is 0 Å². The Labute approximate surface area is 158 Å². The third-order valence-electron chi connectivity index (χ3n) is 4.19. The van der Waals surface area contributed by atoms with E-state index in [4.69, 9.17) is 4.42 Å². The number of oxazole rings is 1. The molecule has 0 unspecified atom stereocenters. The SMILES string of the molecule is CCNC(=NCc1coc(-c2ccc(C)cc2)n1)NCc1nnc(C)n1C. The number of nitrogens with one attached hydrogen (secondary N) is 2. The molecule has 2 aromatic heterocycles. The third-order valence-corrected chi connectivity index (χ3v) is 4.19. The number of hydrogen-bond donors (Lipinski definition) is 2.